The molecule has 148 valence electrons. The van der Waals surface area contributed by atoms with Crippen LogP contribution in [-0.4, -0.2) is 16.8 Å². The van der Waals surface area contributed by atoms with Gasteiger partial charge in [-0.05, 0) is 49.2 Å². The fraction of sp³-hybridized carbons (Fsp3) is 0.0952. The van der Waals surface area contributed by atoms with E-state index in [1.54, 1.807) is 12.1 Å². The van der Waals surface area contributed by atoms with Crippen molar-refractivity contribution in [1.82, 2.24) is 4.98 Å². The van der Waals surface area contributed by atoms with Gasteiger partial charge in [-0.2, -0.15) is 0 Å². The third-order valence-corrected chi connectivity index (χ3v) is 4.40. The van der Waals surface area contributed by atoms with E-state index in [2.05, 4.69) is 15.6 Å². The molecular formula is C21H16F3N3O2. The van der Waals surface area contributed by atoms with Gasteiger partial charge in [0.2, 0.25) is 0 Å². The Labute approximate surface area is 164 Å². The van der Waals surface area contributed by atoms with Gasteiger partial charge in [-0.1, -0.05) is 12.1 Å². The highest BCUT2D eigenvalue weighted by Gasteiger charge is 2.17. The molecule has 2 N–H and O–H groups in total. The van der Waals surface area contributed by atoms with Crippen LogP contribution in [-0.2, 0) is 0 Å². The lowest BCUT2D eigenvalue weighted by molar-refractivity contribution is 0.102. The molecule has 0 saturated heterocycles. The number of aryl methyl sites for hydroxylation is 1. The lowest BCUT2D eigenvalue weighted by Gasteiger charge is -2.11. The van der Waals surface area contributed by atoms with Crippen molar-refractivity contribution in [3.8, 4) is 0 Å². The Morgan fingerprint density at radius 3 is 2.10 bits per heavy atom. The highest BCUT2D eigenvalue weighted by molar-refractivity contribution is 6.08. The molecular weight excluding hydrogens is 383 g/mol. The molecule has 0 saturated carbocycles. The van der Waals surface area contributed by atoms with E-state index < -0.39 is 35.0 Å². The maximum Gasteiger partial charge on any atom is 0.257 e. The normalized spacial score (nSPS) is 10.5. The summed E-state index contributed by atoms with van der Waals surface area (Å²) in [5.41, 5.74) is 2.04. The molecule has 2 aromatic carbocycles. The Bertz CT molecular complexity index is 1120. The molecule has 5 nitrogen and oxygen atoms in total. The molecule has 0 aliphatic heterocycles. The number of hydrogen-bond donors (Lipinski definition) is 2. The average molecular weight is 399 g/mol. The van der Waals surface area contributed by atoms with Gasteiger partial charge in [0.05, 0.1) is 16.8 Å². The largest absolute Gasteiger partial charge is 0.322 e. The Balaban J connectivity index is 1.80. The van der Waals surface area contributed by atoms with Crippen LogP contribution in [0.1, 0.15) is 31.8 Å². The minimum Gasteiger partial charge on any atom is -0.322 e. The summed E-state index contributed by atoms with van der Waals surface area (Å²) in [6, 6.07) is 8.32. The molecule has 0 spiro atoms. The van der Waals surface area contributed by atoms with Crippen molar-refractivity contribution in [1.29, 1.82) is 0 Å². The second kappa shape index (κ2) is 8.14. The molecule has 1 heterocycles. The van der Waals surface area contributed by atoms with E-state index in [-0.39, 0.29) is 11.1 Å². The summed E-state index contributed by atoms with van der Waals surface area (Å²) in [6.45, 7) is 3.78. The first-order valence-corrected chi connectivity index (χ1v) is 8.55. The van der Waals surface area contributed by atoms with Crippen molar-refractivity contribution < 1.29 is 22.8 Å². The molecule has 0 unspecified atom stereocenters. The highest BCUT2D eigenvalue weighted by atomic mass is 19.2. The number of carbonyl (C=O) groups excluding carboxylic acids is 2. The molecule has 3 rings (SSSR count). The first kappa shape index (κ1) is 20.1. The predicted octanol–water partition coefficient (Wildman–Crippen LogP) is 4.62. The number of rotatable bonds is 4. The Morgan fingerprint density at radius 1 is 0.828 bits per heavy atom. The summed E-state index contributed by atoms with van der Waals surface area (Å²) in [5, 5.41) is 4.88. The Morgan fingerprint density at radius 2 is 1.45 bits per heavy atom. The molecule has 29 heavy (non-hydrogen) atoms. The number of carbonyl (C=O) groups is 2. The quantitative estimate of drug-likeness (QED) is 0.629. The number of nitrogens with one attached hydrogen (secondary N) is 2. The molecule has 0 radical (unpaired) electrons. The number of halogens is 3. The number of benzene rings is 2. The molecule has 0 fully saturated rings. The minimum absolute atomic E-state index is 0.0530. The number of hydrogen-bond acceptors (Lipinski definition) is 3. The van der Waals surface area contributed by atoms with Gasteiger partial charge in [-0.3, -0.25) is 14.6 Å². The minimum atomic E-state index is -1.69. The first-order valence-electron chi connectivity index (χ1n) is 8.55. The molecule has 2 amide bonds. The van der Waals surface area contributed by atoms with E-state index in [9.17, 15) is 22.8 Å². The maximum absolute atomic E-state index is 13.7. The van der Waals surface area contributed by atoms with Crippen LogP contribution in [0.5, 0.6) is 0 Å². The van der Waals surface area contributed by atoms with Crippen molar-refractivity contribution in [2.45, 2.75) is 13.8 Å². The van der Waals surface area contributed by atoms with E-state index >= 15 is 0 Å². The molecule has 0 aliphatic rings. The number of pyridine rings is 1. The Kier molecular flexibility index (Phi) is 5.63. The third-order valence-electron chi connectivity index (χ3n) is 4.40. The van der Waals surface area contributed by atoms with Crippen LogP contribution < -0.4 is 10.6 Å². The summed E-state index contributed by atoms with van der Waals surface area (Å²) in [6.07, 6.45) is 2.44. The summed E-state index contributed by atoms with van der Waals surface area (Å²) in [7, 11) is 0. The predicted molar refractivity (Wildman–Crippen MR) is 102 cm³/mol. The average Bonchev–Trinajstić information content (AvgIpc) is 2.72. The zero-order valence-corrected chi connectivity index (χ0v) is 15.5. The lowest BCUT2D eigenvalue weighted by Crippen LogP contribution is -2.17. The first-order chi connectivity index (χ1) is 13.8. The van der Waals surface area contributed by atoms with Gasteiger partial charge in [0.25, 0.3) is 11.8 Å². The van der Waals surface area contributed by atoms with Crippen LogP contribution in [0, 0.1) is 31.3 Å². The van der Waals surface area contributed by atoms with Gasteiger partial charge < -0.3 is 10.6 Å². The second-order valence-corrected chi connectivity index (χ2v) is 6.34. The molecule has 0 bridgehead atoms. The SMILES string of the molecule is Cc1cccc(NC(=O)c2cncc(C(=O)Nc3ccc(F)c(F)c3F)c2)c1C. The maximum atomic E-state index is 13.7. The van der Waals surface area contributed by atoms with E-state index in [0.717, 1.165) is 17.2 Å². The monoisotopic (exact) mass is 399 g/mol. The summed E-state index contributed by atoms with van der Waals surface area (Å²) in [4.78, 5) is 28.7. The van der Waals surface area contributed by atoms with E-state index in [4.69, 9.17) is 0 Å². The van der Waals surface area contributed by atoms with Crippen LogP contribution >= 0.6 is 0 Å². The smallest absolute Gasteiger partial charge is 0.257 e. The zero-order chi connectivity index (χ0) is 21.1. The number of nitrogens with zero attached hydrogens (tertiary/aromatic N) is 1. The second-order valence-electron chi connectivity index (χ2n) is 6.34. The summed E-state index contributed by atoms with van der Waals surface area (Å²) in [5.74, 6) is -5.89. The Hall–Kier alpha value is -3.68. The standard InChI is InChI=1S/C21H16F3N3O2/c1-11-4-3-5-16(12(11)2)26-20(28)13-8-14(10-25-9-13)21(29)27-17-7-6-15(22)18(23)19(17)24/h3-10H,1-2H3,(H,26,28)(H,27,29). The molecule has 3 aromatic rings. The fourth-order valence-corrected chi connectivity index (χ4v) is 2.59. The van der Waals surface area contributed by atoms with Crippen LogP contribution in [0.25, 0.3) is 0 Å². The summed E-state index contributed by atoms with van der Waals surface area (Å²) >= 11 is 0. The van der Waals surface area contributed by atoms with Crippen molar-refractivity contribution in [3.05, 3.63) is 88.5 Å². The van der Waals surface area contributed by atoms with Gasteiger partial charge in [0.15, 0.2) is 17.5 Å². The lowest BCUT2D eigenvalue weighted by atomic mass is 10.1. The number of anilines is 2. The highest BCUT2D eigenvalue weighted by Crippen LogP contribution is 2.21. The van der Waals surface area contributed by atoms with Crippen molar-refractivity contribution in [2.75, 3.05) is 10.6 Å². The van der Waals surface area contributed by atoms with Gasteiger partial charge in [0, 0.05) is 18.1 Å². The van der Waals surface area contributed by atoms with Crippen molar-refractivity contribution in [2.24, 2.45) is 0 Å². The number of aromatic nitrogens is 1. The third kappa shape index (κ3) is 4.26. The molecule has 0 aliphatic carbocycles. The van der Waals surface area contributed by atoms with Gasteiger partial charge in [-0.15, -0.1) is 0 Å². The van der Waals surface area contributed by atoms with Gasteiger partial charge in [-0.25, -0.2) is 13.2 Å². The van der Waals surface area contributed by atoms with Crippen LogP contribution in [0.3, 0.4) is 0 Å². The van der Waals surface area contributed by atoms with Crippen molar-refractivity contribution in [3.63, 3.8) is 0 Å². The van der Waals surface area contributed by atoms with Crippen LogP contribution in [0.15, 0.2) is 48.8 Å². The van der Waals surface area contributed by atoms with Crippen LogP contribution in [0.4, 0.5) is 24.5 Å². The van der Waals surface area contributed by atoms with E-state index in [1.165, 1.54) is 18.5 Å². The van der Waals surface area contributed by atoms with Crippen molar-refractivity contribution >= 4 is 23.2 Å². The zero-order valence-electron chi connectivity index (χ0n) is 15.5. The summed E-state index contributed by atoms with van der Waals surface area (Å²) < 4.78 is 40.1. The van der Waals surface area contributed by atoms with Gasteiger partial charge >= 0.3 is 0 Å². The van der Waals surface area contributed by atoms with E-state index in [0.29, 0.717) is 11.8 Å². The van der Waals surface area contributed by atoms with Crippen LogP contribution in [0.2, 0.25) is 0 Å². The topological polar surface area (TPSA) is 71.1 Å². The number of amides is 2. The van der Waals surface area contributed by atoms with Gasteiger partial charge in [0.1, 0.15) is 0 Å². The fourth-order valence-electron chi connectivity index (χ4n) is 2.59. The molecule has 0 atom stereocenters. The molecule has 1 aromatic heterocycles. The molecule has 8 heteroatoms. The van der Waals surface area contributed by atoms with E-state index in [1.807, 2.05) is 19.9 Å².